The SMILES string of the molecule is CC(C)Oc1cc(CN)c2ccccc2n1. The highest BCUT2D eigenvalue weighted by atomic mass is 16.5. The number of ether oxygens (including phenoxy) is 1. The minimum Gasteiger partial charge on any atom is -0.475 e. The number of aromatic nitrogens is 1. The highest BCUT2D eigenvalue weighted by Crippen LogP contribution is 2.22. The number of hydrogen-bond acceptors (Lipinski definition) is 3. The first kappa shape index (κ1) is 10.9. The predicted octanol–water partition coefficient (Wildman–Crippen LogP) is 2.48. The summed E-state index contributed by atoms with van der Waals surface area (Å²) in [5, 5.41) is 1.10. The molecule has 16 heavy (non-hydrogen) atoms. The van der Waals surface area contributed by atoms with E-state index < -0.39 is 0 Å². The first-order valence-electron chi connectivity index (χ1n) is 5.46. The van der Waals surface area contributed by atoms with Gasteiger partial charge in [-0.1, -0.05) is 18.2 Å². The molecule has 2 rings (SSSR count). The first-order chi connectivity index (χ1) is 7.70. The molecule has 1 heterocycles. The van der Waals surface area contributed by atoms with E-state index >= 15 is 0 Å². The molecule has 2 N–H and O–H groups in total. The predicted molar refractivity (Wildman–Crippen MR) is 65.4 cm³/mol. The molecule has 3 heteroatoms. The molecule has 0 saturated carbocycles. The fourth-order valence-electron chi connectivity index (χ4n) is 1.69. The van der Waals surface area contributed by atoms with E-state index in [9.17, 15) is 0 Å². The van der Waals surface area contributed by atoms with Gasteiger partial charge in [-0.15, -0.1) is 0 Å². The van der Waals surface area contributed by atoms with Crippen molar-refractivity contribution in [3.8, 4) is 5.88 Å². The Morgan fingerprint density at radius 2 is 2.06 bits per heavy atom. The Hall–Kier alpha value is -1.61. The van der Waals surface area contributed by atoms with E-state index in [-0.39, 0.29) is 6.10 Å². The molecule has 0 saturated heterocycles. The van der Waals surface area contributed by atoms with E-state index in [1.165, 1.54) is 0 Å². The summed E-state index contributed by atoms with van der Waals surface area (Å²) in [5.74, 6) is 0.647. The lowest BCUT2D eigenvalue weighted by Gasteiger charge is -2.11. The first-order valence-corrected chi connectivity index (χ1v) is 5.46. The smallest absolute Gasteiger partial charge is 0.214 e. The van der Waals surface area contributed by atoms with Crippen molar-refractivity contribution in [1.29, 1.82) is 0 Å². The fraction of sp³-hybridized carbons (Fsp3) is 0.308. The number of rotatable bonds is 3. The maximum atomic E-state index is 5.73. The second-order valence-corrected chi connectivity index (χ2v) is 4.01. The van der Waals surface area contributed by atoms with Gasteiger partial charge in [0, 0.05) is 18.0 Å². The quantitative estimate of drug-likeness (QED) is 0.857. The maximum Gasteiger partial charge on any atom is 0.214 e. The van der Waals surface area contributed by atoms with E-state index in [0.29, 0.717) is 12.4 Å². The lowest BCUT2D eigenvalue weighted by atomic mass is 10.1. The van der Waals surface area contributed by atoms with Crippen LogP contribution in [0, 0.1) is 0 Å². The van der Waals surface area contributed by atoms with E-state index in [0.717, 1.165) is 16.5 Å². The molecule has 0 amide bonds. The normalized spacial score (nSPS) is 11.0. The van der Waals surface area contributed by atoms with Crippen LogP contribution >= 0.6 is 0 Å². The third kappa shape index (κ3) is 2.14. The summed E-state index contributed by atoms with van der Waals surface area (Å²) in [6, 6.07) is 9.88. The minimum atomic E-state index is 0.124. The topological polar surface area (TPSA) is 48.1 Å². The molecule has 0 bridgehead atoms. The van der Waals surface area contributed by atoms with Crippen LogP contribution in [-0.4, -0.2) is 11.1 Å². The van der Waals surface area contributed by atoms with E-state index in [4.69, 9.17) is 10.5 Å². The zero-order valence-electron chi connectivity index (χ0n) is 9.60. The highest BCUT2D eigenvalue weighted by molar-refractivity contribution is 5.82. The second-order valence-electron chi connectivity index (χ2n) is 4.01. The highest BCUT2D eigenvalue weighted by Gasteiger charge is 2.06. The molecule has 2 aromatic rings. The van der Waals surface area contributed by atoms with Crippen LogP contribution in [0.2, 0.25) is 0 Å². The zero-order valence-corrected chi connectivity index (χ0v) is 9.60. The van der Waals surface area contributed by atoms with Gasteiger partial charge in [0.05, 0.1) is 11.6 Å². The summed E-state index contributed by atoms with van der Waals surface area (Å²) in [6.07, 6.45) is 0.124. The lowest BCUT2D eigenvalue weighted by molar-refractivity contribution is 0.233. The molecule has 0 aliphatic heterocycles. The van der Waals surface area contributed by atoms with Gasteiger partial charge in [0.1, 0.15) is 0 Å². The van der Waals surface area contributed by atoms with Crippen molar-refractivity contribution < 1.29 is 4.74 Å². The summed E-state index contributed by atoms with van der Waals surface area (Å²) in [5.41, 5.74) is 7.73. The molecule has 0 radical (unpaired) electrons. The van der Waals surface area contributed by atoms with Crippen LogP contribution in [0.3, 0.4) is 0 Å². The summed E-state index contributed by atoms with van der Waals surface area (Å²) >= 11 is 0. The Morgan fingerprint density at radius 3 is 2.75 bits per heavy atom. The molecule has 0 unspecified atom stereocenters. The fourth-order valence-corrected chi connectivity index (χ4v) is 1.69. The van der Waals surface area contributed by atoms with E-state index in [2.05, 4.69) is 4.98 Å². The number of para-hydroxylation sites is 1. The number of pyridine rings is 1. The van der Waals surface area contributed by atoms with Crippen molar-refractivity contribution >= 4 is 10.9 Å². The minimum absolute atomic E-state index is 0.124. The molecule has 1 aromatic heterocycles. The number of fused-ring (bicyclic) bond motifs is 1. The van der Waals surface area contributed by atoms with Crippen molar-refractivity contribution in [1.82, 2.24) is 4.98 Å². The van der Waals surface area contributed by atoms with Gasteiger partial charge in [-0.2, -0.15) is 0 Å². The second kappa shape index (κ2) is 4.49. The Morgan fingerprint density at radius 1 is 1.31 bits per heavy atom. The molecule has 0 spiro atoms. The Kier molecular flexibility index (Phi) is 3.06. The van der Waals surface area contributed by atoms with Gasteiger partial charge < -0.3 is 10.5 Å². The monoisotopic (exact) mass is 216 g/mol. The molecule has 84 valence electrons. The third-order valence-electron chi connectivity index (χ3n) is 2.35. The van der Waals surface area contributed by atoms with Crippen LogP contribution in [0.25, 0.3) is 10.9 Å². The van der Waals surface area contributed by atoms with Gasteiger partial charge in [-0.3, -0.25) is 0 Å². The van der Waals surface area contributed by atoms with Crippen molar-refractivity contribution in [3.63, 3.8) is 0 Å². The number of nitrogens with two attached hydrogens (primary N) is 1. The van der Waals surface area contributed by atoms with Crippen molar-refractivity contribution in [2.24, 2.45) is 5.73 Å². The van der Waals surface area contributed by atoms with Gasteiger partial charge in [0.25, 0.3) is 0 Å². The van der Waals surface area contributed by atoms with Crippen LogP contribution in [-0.2, 0) is 6.54 Å². The molecule has 0 aliphatic rings. The Bertz CT molecular complexity index is 494. The average Bonchev–Trinajstić information content (AvgIpc) is 2.27. The van der Waals surface area contributed by atoms with Crippen LogP contribution in [0.5, 0.6) is 5.88 Å². The van der Waals surface area contributed by atoms with Gasteiger partial charge in [0.15, 0.2) is 0 Å². The maximum absolute atomic E-state index is 5.73. The molecule has 0 aliphatic carbocycles. The van der Waals surface area contributed by atoms with Gasteiger partial charge >= 0.3 is 0 Å². The average molecular weight is 216 g/mol. The molecule has 1 aromatic carbocycles. The van der Waals surface area contributed by atoms with Gasteiger partial charge in [-0.25, -0.2) is 4.98 Å². The summed E-state index contributed by atoms with van der Waals surface area (Å²) in [4.78, 5) is 4.45. The van der Waals surface area contributed by atoms with Gasteiger partial charge in [0.2, 0.25) is 5.88 Å². The summed E-state index contributed by atoms with van der Waals surface area (Å²) < 4.78 is 5.60. The Labute approximate surface area is 95.2 Å². The van der Waals surface area contributed by atoms with E-state index in [1.807, 2.05) is 44.2 Å². The van der Waals surface area contributed by atoms with Crippen molar-refractivity contribution in [2.75, 3.05) is 0 Å². The zero-order chi connectivity index (χ0) is 11.5. The summed E-state index contributed by atoms with van der Waals surface area (Å²) in [6.45, 7) is 4.47. The van der Waals surface area contributed by atoms with Crippen LogP contribution in [0.4, 0.5) is 0 Å². The number of benzene rings is 1. The molecule has 0 fully saturated rings. The lowest BCUT2D eigenvalue weighted by Crippen LogP contribution is -2.08. The van der Waals surface area contributed by atoms with Crippen LogP contribution in [0.15, 0.2) is 30.3 Å². The summed E-state index contributed by atoms with van der Waals surface area (Å²) in [7, 11) is 0. The molecule has 0 atom stereocenters. The van der Waals surface area contributed by atoms with Gasteiger partial charge in [-0.05, 0) is 25.5 Å². The number of nitrogens with zero attached hydrogens (tertiary/aromatic N) is 1. The molecular formula is C13H16N2O. The van der Waals surface area contributed by atoms with Crippen LogP contribution < -0.4 is 10.5 Å². The van der Waals surface area contributed by atoms with Crippen molar-refractivity contribution in [2.45, 2.75) is 26.5 Å². The third-order valence-corrected chi connectivity index (χ3v) is 2.35. The van der Waals surface area contributed by atoms with Crippen molar-refractivity contribution in [3.05, 3.63) is 35.9 Å². The largest absolute Gasteiger partial charge is 0.475 e. The number of hydrogen-bond donors (Lipinski definition) is 1. The van der Waals surface area contributed by atoms with Crippen LogP contribution in [0.1, 0.15) is 19.4 Å². The van der Waals surface area contributed by atoms with E-state index in [1.54, 1.807) is 0 Å². The standard InChI is InChI=1S/C13H16N2O/c1-9(2)16-13-7-10(8-14)11-5-3-4-6-12(11)15-13/h3-7,9H,8,14H2,1-2H3. The molecule has 3 nitrogen and oxygen atoms in total. The molecular weight excluding hydrogens is 200 g/mol. The Balaban J connectivity index is 2.54.